The van der Waals surface area contributed by atoms with Gasteiger partial charge in [-0.2, -0.15) is 0 Å². The van der Waals surface area contributed by atoms with Crippen LogP contribution in [0.4, 0.5) is 22.7 Å². The maximum absolute atomic E-state index is 13.5. The molecular formula is C26H23N5O5S2. The van der Waals surface area contributed by atoms with Gasteiger partial charge in [0.05, 0.1) is 20.8 Å². The Bertz CT molecular complexity index is 1840. The van der Waals surface area contributed by atoms with Crippen LogP contribution in [0.25, 0.3) is 21.8 Å². The number of sulfonamides is 2. The van der Waals surface area contributed by atoms with Crippen LogP contribution in [0.15, 0.2) is 99.5 Å². The zero-order valence-electron chi connectivity index (χ0n) is 20.0. The summed E-state index contributed by atoms with van der Waals surface area (Å²) in [7, 11) is -6.33. The van der Waals surface area contributed by atoms with Crippen LogP contribution in [-0.2, 0) is 27.1 Å². The Morgan fingerprint density at radius 1 is 0.605 bits per heavy atom. The van der Waals surface area contributed by atoms with E-state index in [9.17, 15) is 21.6 Å². The molecule has 5 aromatic rings. The van der Waals surface area contributed by atoms with E-state index in [0.717, 1.165) is 0 Å². The highest BCUT2D eigenvalue weighted by Crippen LogP contribution is 2.25. The van der Waals surface area contributed by atoms with E-state index in [1.165, 1.54) is 48.5 Å². The Balaban J connectivity index is 1.59. The fraction of sp³-hybridized carbons (Fsp3) is 0.0385. The molecule has 1 aromatic heterocycles. The Morgan fingerprint density at radius 3 is 1.34 bits per heavy atom. The van der Waals surface area contributed by atoms with Gasteiger partial charge in [0, 0.05) is 40.6 Å². The standard InChI is InChI=1S/C26H23N5O5S2/c1-31-24-12-10-20(37(33,34)29-18-6-2-16(27)3-7-18)14-22(24)26(32)23-15-21(11-13-25(23)31)38(35,36)30-19-8-4-17(28)5-9-19/h2-15,29-30H,27-28H2,1H3. The number of nitrogen functional groups attached to an aromatic ring is 2. The first-order valence-corrected chi connectivity index (χ1v) is 14.2. The lowest BCUT2D eigenvalue weighted by molar-refractivity contribution is 0.599. The van der Waals surface area contributed by atoms with E-state index in [4.69, 9.17) is 11.5 Å². The summed E-state index contributed by atoms with van der Waals surface area (Å²) in [6.07, 6.45) is 0. The molecule has 0 aliphatic carbocycles. The van der Waals surface area contributed by atoms with Crippen molar-refractivity contribution in [3.05, 3.63) is 95.2 Å². The third-order valence-electron chi connectivity index (χ3n) is 6.09. The lowest BCUT2D eigenvalue weighted by atomic mass is 10.1. The van der Waals surface area contributed by atoms with E-state index in [-0.39, 0.29) is 20.6 Å². The number of aryl methyl sites for hydroxylation is 1. The Labute approximate surface area is 218 Å². The Morgan fingerprint density at radius 2 is 0.974 bits per heavy atom. The van der Waals surface area contributed by atoms with Gasteiger partial charge in [-0.15, -0.1) is 0 Å². The van der Waals surface area contributed by atoms with Gasteiger partial charge in [-0.1, -0.05) is 0 Å². The smallest absolute Gasteiger partial charge is 0.261 e. The summed E-state index contributed by atoms with van der Waals surface area (Å²) < 4.78 is 58.7. The maximum atomic E-state index is 13.5. The quantitative estimate of drug-likeness (QED) is 0.186. The van der Waals surface area contributed by atoms with Crippen LogP contribution in [-0.4, -0.2) is 21.4 Å². The average Bonchev–Trinajstić information content (AvgIpc) is 2.89. The highest BCUT2D eigenvalue weighted by Gasteiger charge is 2.20. The first-order chi connectivity index (χ1) is 17.9. The number of pyridine rings is 1. The molecule has 0 saturated heterocycles. The molecule has 0 radical (unpaired) electrons. The third-order valence-corrected chi connectivity index (χ3v) is 8.85. The van der Waals surface area contributed by atoms with Crippen LogP contribution < -0.4 is 26.3 Å². The Hall–Kier alpha value is -4.55. The lowest BCUT2D eigenvalue weighted by Crippen LogP contribution is -2.16. The molecular weight excluding hydrogens is 526 g/mol. The second kappa shape index (κ2) is 9.08. The normalized spacial score (nSPS) is 12.0. The van der Waals surface area contributed by atoms with Crippen molar-refractivity contribution in [2.45, 2.75) is 9.79 Å². The van der Waals surface area contributed by atoms with Crippen molar-refractivity contribution in [2.75, 3.05) is 20.9 Å². The number of anilines is 4. The number of nitrogens with zero attached hydrogens (tertiary/aromatic N) is 1. The highest BCUT2D eigenvalue weighted by molar-refractivity contribution is 7.93. The van der Waals surface area contributed by atoms with E-state index < -0.39 is 25.5 Å². The van der Waals surface area contributed by atoms with Crippen LogP contribution in [0.2, 0.25) is 0 Å². The van der Waals surface area contributed by atoms with Gasteiger partial charge in [0.15, 0.2) is 5.43 Å². The molecule has 0 bridgehead atoms. The van der Waals surface area contributed by atoms with Crippen LogP contribution in [0.5, 0.6) is 0 Å². The number of benzene rings is 4. The zero-order valence-corrected chi connectivity index (χ0v) is 21.7. The van der Waals surface area contributed by atoms with E-state index in [1.54, 1.807) is 48.0 Å². The molecule has 5 rings (SSSR count). The van der Waals surface area contributed by atoms with Gasteiger partial charge in [-0.25, -0.2) is 16.8 Å². The minimum absolute atomic E-state index is 0.118. The summed E-state index contributed by atoms with van der Waals surface area (Å²) in [5.74, 6) is 0. The molecule has 0 aliphatic heterocycles. The number of hydrogen-bond donors (Lipinski definition) is 4. The van der Waals surface area contributed by atoms with Gasteiger partial charge in [0.2, 0.25) is 0 Å². The maximum Gasteiger partial charge on any atom is 0.261 e. The zero-order chi connectivity index (χ0) is 27.2. The van der Waals surface area contributed by atoms with Crippen LogP contribution >= 0.6 is 0 Å². The van der Waals surface area contributed by atoms with E-state index in [1.807, 2.05) is 0 Å². The van der Waals surface area contributed by atoms with Crippen molar-refractivity contribution in [1.29, 1.82) is 0 Å². The third kappa shape index (κ3) is 4.62. The number of nitrogens with two attached hydrogens (primary N) is 2. The predicted molar refractivity (Wildman–Crippen MR) is 150 cm³/mol. The molecule has 0 spiro atoms. The molecule has 0 amide bonds. The van der Waals surface area contributed by atoms with Crippen molar-refractivity contribution in [3.63, 3.8) is 0 Å². The summed E-state index contributed by atoms with van der Waals surface area (Å²) >= 11 is 0. The van der Waals surface area contributed by atoms with Gasteiger partial charge in [0.25, 0.3) is 20.0 Å². The van der Waals surface area contributed by atoms with Gasteiger partial charge >= 0.3 is 0 Å². The first-order valence-electron chi connectivity index (χ1n) is 11.3. The SMILES string of the molecule is Cn1c2ccc(S(=O)(=O)Nc3ccc(N)cc3)cc2c(=O)c2cc(S(=O)(=O)Nc3ccc(N)cc3)ccc21. The van der Waals surface area contributed by atoms with E-state index in [2.05, 4.69) is 9.44 Å². The molecule has 0 unspecified atom stereocenters. The molecule has 38 heavy (non-hydrogen) atoms. The van der Waals surface area contributed by atoms with E-state index in [0.29, 0.717) is 33.8 Å². The topological polar surface area (TPSA) is 166 Å². The number of aromatic nitrogens is 1. The number of hydrogen-bond acceptors (Lipinski definition) is 7. The summed E-state index contributed by atoms with van der Waals surface area (Å²) in [5.41, 5.74) is 13.4. The minimum Gasteiger partial charge on any atom is -0.399 e. The van der Waals surface area contributed by atoms with Gasteiger partial charge in [-0.05, 0) is 84.9 Å². The van der Waals surface area contributed by atoms with Crippen molar-refractivity contribution in [2.24, 2.45) is 7.05 Å². The molecule has 0 saturated carbocycles. The molecule has 194 valence electrons. The summed E-state index contributed by atoms with van der Waals surface area (Å²) in [6, 6.07) is 20.8. The average molecular weight is 550 g/mol. The van der Waals surface area contributed by atoms with Crippen molar-refractivity contribution in [1.82, 2.24) is 4.57 Å². The van der Waals surface area contributed by atoms with Gasteiger partial charge in [-0.3, -0.25) is 14.2 Å². The van der Waals surface area contributed by atoms with Crippen molar-refractivity contribution >= 4 is 64.6 Å². The molecule has 4 aromatic carbocycles. The highest BCUT2D eigenvalue weighted by atomic mass is 32.2. The van der Waals surface area contributed by atoms with Crippen LogP contribution in [0.3, 0.4) is 0 Å². The van der Waals surface area contributed by atoms with Crippen molar-refractivity contribution < 1.29 is 16.8 Å². The molecule has 0 fully saturated rings. The summed E-state index contributed by atoms with van der Waals surface area (Å²) in [5, 5.41) is 0.252. The van der Waals surface area contributed by atoms with Gasteiger partial charge < -0.3 is 16.0 Å². The molecule has 12 heteroatoms. The summed E-state index contributed by atoms with van der Waals surface area (Å²) in [4.78, 5) is 13.3. The molecule has 0 atom stereocenters. The largest absolute Gasteiger partial charge is 0.399 e. The molecule has 6 N–H and O–H groups in total. The van der Waals surface area contributed by atoms with Crippen molar-refractivity contribution in [3.8, 4) is 0 Å². The predicted octanol–water partition coefficient (Wildman–Crippen LogP) is 3.46. The second-order valence-electron chi connectivity index (χ2n) is 8.70. The number of fused-ring (bicyclic) bond motifs is 2. The lowest BCUT2D eigenvalue weighted by Gasteiger charge is -2.14. The molecule has 1 heterocycles. The second-order valence-corrected chi connectivity index (χ2v) is 12.1. The fourth-order valence-electron chi connectivity index (χ4n) is 4.12. The number of rotatable bonds is 6. The van der Waals surface area contributed by atoms with Crippen LogP contribution in [0.1, 0.15) is 0 Å². The van der Waals surface area contributed by atoms with Crippen LogP contribution in [0, 0.1) is 0 Å². The summed E-state index contributed by atoms with van der Waals surface area (Å²) in [6.45, 7) is 0. The fourth-order valence-corrected chi connectivity index (χ4v) is 6.29. The Kier molecular flexibility index (Phi) is 6.00. The first kappa shape index (κ1) is 25.1. The molecule has 10 nitrogen and oxygen atoms in total. The monoisotopic (exact) mass is 549 g/mol. The number of nitrogens with one attached hydrogen (secondary N) is 2. The van der Waals surface area contributed by atoms with Gasteiger partial charge in [0.1, 0.15) is 0 Å². The molecule has 0 aliphatic rings. The minimum atomic E-state index is -4.02. The van der Waals surface area contributed by atoms with E-state index >= 15 is 0 Å².